The smallest absolute Gasteiger partial charge is 0.353 e. The number of carboxylic acid groups (broad SMARTS) is 1. The molecular weight excluding hydrogens is 358 g/mol. The number of carbonyl (C=O) groups is 1. The van der Waals surface area contributed by atoms with Gasteiger partial charge in [-0.3, -0.25) is 10.1 Å². The Morgan fingerprint density at radius 3 is 2.36 bits per heavy atom. The number of nitrogens with zero attached hydrogens (tertiary/aromatic N) is 3. The number of rotatable bonds is 5. The van der Waals surface area contributed by atoms with E-state index in [1.807, 2.05) is 6.92 Å². The second-order valence-electron chi connectivity index (χ2n) is 6.26. The van der Waals surface area contributed by atoms with E-state index >= 15 is 0 Å². The number of nitriles is 1. The van der Waals surface area contributed by atoms with E-state index in [1.54, 1.807) is 48.0 Å². The van der Waals surface area contributed by atoms with Crippen molar-refractivity contribution in [2.24, 2.45) is 7.05 Å². The van der Waals surface area contributed by atoms with Crippen molar-refractivity contribution in [3.05, 3.63) is 75.6 Å². The van der Waals surface area contributed by atoms with Gasteiger partial charge in [0.05, 0.1) is 10.5 Å². The average molecular weight is 375 g/mol. The van der Waals surface area contributed by atoms with Crippen molar-refractivity contribution in [3.8, 4) is 28.3 Å². The van der Waals surface area contributed by atoms with Crippen molar-refractivity contribution in [1.29, 1.82) is 5.26 Å². The molecule has 0 aliphatic heterocycles. The van der Waals surface area contributed by atoms with Crippen molar-refractivity contribution < 1.29 is 14.8 Å². The van der Waals surface area contributed by atoms with Gasteiger partial charge in [0.25, 0.3) is 5.69 Å². The minimum absolute atomic E-state index is 0.00264. The predicted molar refractivity (Wildman–Crippen MR) is 104 cm³/mol. The summed E-state index contributed by atoms with van der Waals surface area (Å²) in [4.78, 5) is 22.3. The van der Waals surface area contributed by atoms with Crippen LogP contribution in [0.5, 0.6) is 0 Å². The van der Waals surface area contributed by atoms with Gasteiger partial charge in [-0.2, -0.15) is 5.26 Å². The third-order valence-electron chi connectivity index (χ3n) is 4.73. The van der Waals surface area contributed by atoms with E-state index in [0.717, 1.165) is 5.56 Å². The standard InChI is InChI=1S/C21H17N3O4/c1-3-18-17(12-22)19(20(21(25)26)23(18)2)14-9-7-13(8-10-14)15-5-4-6-16(11-15)24(27)28/h4-11H,3H2,1-2H3,(H,25,26). The first kappa shape index (κ1) is 18.9. The van der Waals surface area contributed by atoms with E-state index in [0.29, 0.717) is 34.4 Å². The van der Waals surface area contributed by atoms with Crippen LogP contribution in [-0.4, -0.2) is 20.6 Å². The third kappa shape index (κ3) is 3.12. The Hall–Kier alpha value is -3.92. The van der Waals surface area contributed by atoms with Crippen LogP contribution < -0.4 is 0 Å². The fraction of sp³-hybridized carbons (Fsp3) is 0.143. The maximum absolute atomic E-state index is 11.8. The lowest BCUT2D eigenvalue weighted by atomic mass is 9.97. The summed E-state index contributed by atoms with van der Waals surface area (Å²) in [5.41, 5.74) is 3.52. The second kappa shape index (κ2) is 7.37. The zero-order valence-electron chi connectivity index (χ0n) is 15.3. The molecule has 3 rings (SSSR count). The van der Waals surface area contributed by atoms with Gasteiger partial charge in [-0.05, 0) is 23.1 Å². The van der Waals surface area contributed by atoms with Crippen molar-refractivity contribution >= 4 is 11.7 Å². The summed E-state index contributed by atoms with van der Waals surface area (Å²) in [6, 6.07) is 15.4. The highest BCUT2D eigenvalue weighted by Crippen LogP contribution is 2.34. The molecule has 7 nitrogen and oxygen atoms in total. The second-order valence-corrected chi connectivity index (χ2v) is 6.26. The monoisotopic (exact) mass is 375 g/mol. The molecule has 0 aliphatic carbocycles. The van der Waals surface area contributed by atoms with E-state index in [4.69, 9.17) is 0 Å². The Bertz CT molecular complexity index is 1120. The summed E-state index contributed by atoms with van der Waals surface area (Å²) in [6.07, 6.45) is 0.533. The lowest BCUT2D eigenvalue weighted by Gasteiger charge is -2.06. The van der Waals surface area contributed by atoms with Crippen LogP contribution in [-0.2, 0) is 13.5 Å². The molecule has 0 fully saturated rings. The lowest BCUT2D eigenvalue weighted by molar-refractivity contribution is -0.384. The summed E-state index contributed by atoms with van der Waals surface area (Å²) in [5, 5.41) is 30.2. The van der Waals surface area contributed by atoms with Gasteiger partial charge in [-0.15, -0.1) is 0 Å². The van der Waals surface area contributed by atoms with Crippen molar-refractivity contribution in [2.75, 3.05) is 0 Å². The van der Waals surface area contributed by atoms with Gasteiger partial charge >= 0.3 is 5.97 Å². The number of benzene rings is 2. The summed E-state index contributed by atoms with van der Waals surface area (Å²) in [7, 11) is 1.64. The van der Waals surface area contributed by atoms with Crippen LogP contribution in [0.2, 0.25) is 0 Å². The van der Waals surface area contributed by atoms with Crippen LogP contribution in [0.15, 0.2) is 48.5 Å². The van der Waals surface area contributed by atoms with Gasteiger partial charge in [0.15, 0.2) is 0 Å². The van der Waals surface area contributed by atoms with E-state index in [2.05, 4.69) is 6.07 Å². The summed E-state index contributed by atoms with van der Waals surface area (Å²) >= 11 is 0. The normalized spacial score (nSPS) is 10.5. The van der Waals surface area contributed by atoms with Gasteiger partial charge in [0, 0.05) is 30.4 Å². The fourth-order valence-electron chi connectivity index (χ4n) is 3.43. The molecule has 0 amide bonds. The van der Waals surface area contributed by atoms with Crippen LogP contribution >= 0.6 is 0 Å². The minimum atomic E-state index is -1.10. The molecule has 0 radical (unpaired) electrons. The molecule has 0 atom stereocenters. The number of carboxylic acids is 1. The molecule has 0 spiro atoms. The van der Waals surface area contributed by atoms with Gasteiger partial charge in [-0.1, -0.05) is 43.3 Å². The largest absolute Gasteiger partial charge is 0.477 e. The highest BCUT2D eigenvalue weighted by Gasteiger charge is 2.25. The Morgan fingerprint density at radius 2 is 1.82 bits per heavy atom. The number of aromatic nitrogens is 1. The van der Waals surface area contributed by atoms with Crippen LogP contribution in [0.4, 0.5) is 5.69 Å². The first-order valence-electron chi connectivity index (χ1n) is 8.59. The molecule has 7 heteroatoms. The molecule has 1 heterocycles. The molecule has 0 saturated heterocycles. The predicted octanol–water partition coefficient (Wildman–Crippen LogP) is 4.40. The van der Waals surface area contributed by atoms with Crippen LogP contribution in [0.1, 0.15) is 28.7 Å². The maximum atomic E-state index is 11.8. The van der Waals surface area contributed by atoms with Crippen molar-refractivity contribution in [1.82, 2.24) is 4.57 Å². The summed E-state index contributed by atoms with van der Waals surface area (Å²) in [6.45, 7) is 1.87. The Kier molecular flexibility index (Phi) is 4.96. The van der Waals surface area contributed by atoms with E-state index in [9.17, 15) is 25.3 Å². The molecule has 3 aromatic rings. The Morgan fingerprint density at radius 1 is 1.18 bits per heavy atom. The first-order valence-corrected chi connectivity index (χ1v) is 8.59. The van der Waals surface area contributed by atoms with Crippen LogP contribution in [0.3, 0.4) is 0 Å². The first-order chi connectivity index (χ1) is 13.4. The Labute approximate surface area is 161 Å². The SMILES string of the molecule is CCc1c(C#N)c(-c2ccc(-c3cccc([N+](=O)[O-])c3)cc2)c(C(=O)O)n1C. The molecule has 140 valence electrons. The molecule has 0 bridgehead atoms. The summed E-state index contributed by atoms with van der Waals surface area (Å²) < 4.78 is 1.55. The van der Waals surface area contributed by atoms with Gasteiger partial charge in [0.2, 0.25) is 0 Å². The zero-order chi connectivity index (χ0) is 20.4. The number of nitro groups is 1. The molecule has 0 unspecified atom stereocenters. The van der Waals surface area contributed by atoms with Crippen LogP contribution in [0, 0.1) is 21.4 Å². The average Bonchev–Trinajstić information content (AvgIpc) is 2.99. The lowest BCUT2D eigenvalue weighted by Crippen LogP contribution is -2.07. The highest BCUT2D eigenvalue weighted by atomic mass is 16.6. The van der Waals surface area contributed by atoms with Crippen molar-refractivity contribution in [3.63, 3.8) is 0 Å². The Balaban J connectivity index is 2.13. The number of hydrogen-bond donors (Lipinski definition) is 1. The van der Waals surface area contributed by atoms with Crippen LogP contribution in [0.25, 0.3) is 22.3 Å². The van der Waals surface area contributed by atoms with Gasteiger partial charge < -0.3 is 9.67 Å². The zero-order valence-corrected chi connectivity index (χ0v) is 15.3. The topological polar surface area (TPSA) is 109 Å². The number of hydrogen-bond acceptors (Lipinski definition) is 4. The molecule has 2 aromatic carbocycles. The minimum Gasteiger partial charge on any atom is -0.477 e. The van der Waals surface area contributed by atoms with Gasteiger partial charge in [0.1, 0.15) is 11.8 Å². The number of nitro benzene ring substituents is 1. The molecule has 28 heavy (non-hydrogen) atoms. The third-order valence-corrected chi connectivity index (χ3v) is 4.73. The van der Waals surface area contributed by atoms with E-state index < -0.39 is 10.9 Å². The quantitative estimate of drug-likeness (QED) is 0.525. The molecule has 1 N–H and O–H groups in total. The fourth-order valence-corrected chi connectivity index (χ4v) is 3.43. The molecule has 0 aliphatic rings. The summed E-state index contributed by atoms with van der Waals surface area (Å²) in [5.74, 6) is -1.10. The highest BCUT2D eigenvalue weighted by molar-refractivity contribution is 5.97. The molecule has 0 saturated carbocycles. The number of aromatic carboxylic acids is 1. The number of non-ortho nitro benzene ring substituents is 1. The van der Waals surface area contributed by atoms with Gasteiger partial charge in [-0.25, -0.2) is 4.79 Å². The van der Waals surface area contributed by atoms with E-state index in [1.165, 1.54) is 12.1 Å². The van der Waals surface area contributed by atoms with Crippen molar-refractivity contribution in [2.45, 2.75) is 13.3 Å². The van der Waals surface area contributed by atoms with E-state index in [-0.39, 0.29) is 11.4 Å². The maximum Gasteiger partial charge on any atom is 0.353 e. The molecular formula is C21H17N3O4. The molecule has 1 aromatic heterocycles.